The number of hydrogen-bond donors (Lipinski definition) is 12. The van der Waals surface area contributed by atoms with Crippen molar-refractivity contribution >= 4 is 23.9 Å². The van der Waals surface area contributed by atoms with Gasteiger partial charge in [-0.2, -0.15) is 0 Å². The predicted molar refractivity (Wildman–Crippen MR) is 78.6 cm³/mol. The molecule has 0 saturated heterocycles. The van der Waals surface area contributed by atoms with Crippen LogP contribution >= 0.6 is 0 Å². The second-order valence-corrected chi connectivity index (χ2v) is 5.09. The monoisotopic (exact) mass is 420 g/mol. The van der Waals surface area contributed by atoms with E-state index in [4.69, 9.17) is 61.3 Å². The van der Waals surface area contributed by atoms with Crippen molar-refractivity contribution in [3.63, 3.8) is 0 Å². The predicted octanol–water partition coefficient (Wildman–Crippen LogP) is -6.80. The molecule has 0 aromatic heterocycles. The molecule has 0 aromatic carbocycles. The summed E-state index contributed by atoms with van der Waals surface area (Å²) in [5.74, 6) is -7.36. The molecule has 8 atom stereocenters. The summed E-state index contributed by atoms with van der Waals surface area (Å²) in [6.45, 7) is 0. The third-order valence-electron chi connectivity index (χ3n) is 3.01. The van der Waals surface area contributed by atoms with Crippen molar-refractivity contribution in [1.82, 2.24) is 0 Å². The van der Waals surface area contributed by atoms with Gasteiger partial charge in [-0.15, -0.1) is 0 Å². The summed E-state index contributed by atoms with van der Waals surface area (Å²) in [6, 6.07) is 0. The van der Waals surface area contributed by atoms with Crippen molar-refractivity contribution < 1.29 is 80.5 Å². The standard InChI is InChI=1S/2C6H10O8/c2*7-1(3(9)5(11)12)2(8)4(10)6(13)14/h2*1-4,7-10H,(H,11,12)(H,13,14). The van der Waals surface area contributed by atoms with Crippen LogP contribution < -0.4 is 0 Å². The summed E-state index contributed by atoms with van der Waals surface area (Å²) in [5.41, 5.74) is 0. The quantitative estimate of drug-likeness (QED) is 0.156. The lowest BCUT2D eigenvalue weighted by Crippen LogP contribution is -2.49. The fraction of sp³-hybridized carbons (Fsp3) is 0.667. The van der Waals surface area contributed by atoms with Crippen molar-refractivity contribution in [3.8, 4) is 0 Å². The van der Waals surface area contributed by atoms with E-state index in [0.717, 1.165) is 0 Å². The van der Waals surface area contributed by atoms with Gasteiger partial charge in [-0.1, -0.05) is 0 Å². The number of carbonyl (C=O) groups is 4. The molecule has 0 amide bonds. The van der Waals surface area contributed by atoms with Crippen molar-refractivity contribution in [3.05, 3.63) is 0 Å². The first kappa shape index (κ1) is 27.8. The van der Waals surface area contributed by atoms with E-state index in [2.05, 4.69) is 0 Å². The highest BCUT2D eigenvalue weighted by atomic mass is 16.4. The Bertz CT molecular complexity index is 452. The highest BCUT2D eigenvalue weighted by Gasteiger charge is 2.38. The Kier molecular flexibility index (Phi) is 12.0. The van der Waals surface area contributed by atoms with Crippen LogP contribution in [0.5, 0.6) is 0 Å². The van der Waals surface area contributed by atoms with Gasteiger partial charge >= 0.3 is 23.9 Å². The van der Waals surface area contributed by atoms with Gasteiger partial charge in [-0.3, -0.25) is 0 Å². The Hall–Kier alpha value is -2.44. The van der Waals surface area contributed by atoms with Gasteiger partial charge in [0.15, 0.2) is 24.4 Å². The maximum Gasteiger partial charge on any atom is 0.335 e. The topological polar surface area (TPSA) is 311 Å². The van der Waals surface area contributed by atoms with Gasteiger partial charge in [-0.25, -0.2) is 19.2 Å². The first-order valence-corrected chi connectivity index (χ1v) is 6.93. The molecule has 0 heterocycles. The molecule has 0 fully saturated rings. The smallest absolute Gasteiger partial charge is 0.335 e. The lowest BCUT2D eigenvalue weighted by Gasteiger charge is -2.21. The summed E-state index contributed by atoms with van der Waals surface area (Å²) < 4.78 is 0. The zero-order valence-electron chi connectivity index (χ0n) is 13.6. The zero-order valence-corrected chi connectivity index (χ0v) is 13.6. The molecule has 0 spiro atoms. The largest absolute Gasteiger partial charge is 0.479 e. The summed E-state index contributed by atoms with van der Waals surface area (Å²) in [4.78, 5) is 40.3. The molecule has 0 aliphatic carbocycles. The second-order valence-electron chi connectivity index (χ2n) is 5.09. The van der Waals surface area contributed by atoms with Gasteiger partial charge in [0, 0.05) is 0 Å². The first-order chi connectivity index (χ1) is 12.6. The normalized spacial score (nSPS) is 19.4. The minimum absolute atomic E-state index is 1.84. The maximum absolute atomic E-state index is 10.1. The molecule has 0 radical (unpaired) electrons. The van der Waals surface area contributed by atoms with Crippen LogP contribution in [0.15, 0.2) is 0 Å². The van der Waals surface area contributed by atoms with E-state index in [9.17, 15) is 19.2 Å². The SMILES string of the molecule is O=C(O)C(O)C(O)C(O)C(O)C(=O)O.O=C(O)C(O)C(O)C(O)C(O)C(=O)O. The molecule has 28 heavy (non-hydrogen) atoms. The minimum Gasteiger partial charge on any atom is -0.479 e. The molecule has 0 bridgehead atoms. The number of aliphatic carboxylic acids is 4. The molecular weight excluding hydrogens is 400 g/mol. The zero-order chi connectivity index (χ0) is 22.9. The average Bonchev–Trinajstić information content (AvgIpc) is 2.62. The van der Waals surface area contributed by atoms with Crippen LogP contribution in [-0.2, 0) is 19.2 Å². The van der Waals surface area contributed by atoms with Gasteiger partial charge in [0.2, 0.25) is 0 Å². The molecule has 12 N–H and O–H groups in total. The summed E-state index contributed by atoms with van der Waals surface area (Å²) in [5, 5.41) is 103. The minimum atomic E-state index is -2.36. The van der Waals surface area contributed by atoms with Crippen LogP contribution in [0.25, 0.3) is 0 Å². The molecular formula is C12H20O16. The molecule has 16 nitrogen and oxygen atoms in total. The molecule has 0 saturated carbocycles. The van der Waals surface area contributed by atoms with Crippen LogP contribution in [0.3, 0.4) is 0 Å². The number of aliphatic hydroxyl groups is 8. The number of rotatable bonds is 10. The van der Waals surface area contributed by atoms with E-state index in [1.165, 1.54) is 0 Å². The van der Waals surface area contributed by atoms with E-state index in [0.29, 0.717) is 0 Å². The van der Waals surface area contributed by atoms with E-state index >= 15 is 0 Å². The number of aliphatic hydroxyl groups excluding tert-OH is 8. The van der Waals surface area contributed by atoms with Crippen LogP contribution in [-0.4, -0.2) is 134 Å². The fourth-order valence-corrected chi connectivity index (χ4v) is 1.33. The third-order valence-corrected chi connectivity index (χ3v) is 3.01. The number of hydrogen-bond acceptors (Lipinski definition) is 12. The highest BCUT2D eigenvalue weighted by Crippen LogP contribution is 2.06. The van der Waals surface area contributed by atoms with Crippen LogP contribution in [0.2, 0.25) is 0 Å². The van der Waals surface area contributed by atoms with Crippen LogP contribution in [0.1, 0.15) is 0 Å². The van der Waals surface area contributed by atoms with Gasteiger partial charge in [0.05, 0.1) is 0 Å². The van der Waals surface area contributed by atoms with Gasteiger partial charge in [0.25, 0.3) is 0 Å². The fourth-order valence-electron chi connectivity index (χ4n) is 1.33. The molecule has 8 unspecified atom stereocenters. The third kappa shape index (κ3) is 8.50. The van der Waals surface area contributed by atoms with Crippen LogP contribution in [0, 0.1) is 0 Å². The maximum atomic E-state index is 10.1. The van der Waals surface area contributed by atoms with Gasteiger partial charge < -0.3 is 61.3 Å². The molecule has 0 aromatic rings. The van der Waals surface area contributed by atoms with E-state index in [1.807, 2.05) is 0 Å². The Balaban J connectivity index is 0. The summed E-state index contributed by atoms with van der Waals surface area (Å²) in [7, 11) is 0. The Morgan fingerprint density at radius 2 is 0.464 bits per heavy atom. The molecule has 164 valence electrons. The molecule has 0 rings (SSSR count). The average molecular weight is 420 g/mol. The highest BCUT2D eigenvalue weighted by molar-refractivity contribution is 5.75. The van der Waals surface area contributed by atoms with Crippen LogP contribution in [0.4, 0.5) is 0 Å². The van der Waals surface area contributed by atoms with Crippen molar-refractivity contribution in [2.24, 2.45) is 0 Å². The van der Waals surface area contributed by atoms with Gasteiger partial charge in [0.1, 0.15) is 24.4 Å². The summed E-state index contributed by atoms with van der Waals surface area (Å²) >= 11 is 0. The molecule has 0 aliphatic heterocycles. The molecule has 16 heteroatoms. The van der Waals surface area contributed by atoms with Crippen molar-refractivity contribution in [2.45, 2.75) is 48.8 Å². The Morgan fingerprint density at radius 3 is 0.536 bits per heavy atom. The second kappa shape index (κ2) is 12.1. The lowest BCUT2D eigenvalue weighted by atomic mass is 10.0. The Morgan fingerprint density at radius 1 is 0.357 bits per heavy atom. The van der Waals surface area contributed by atoms with Crippen molar-refractivity contribution in [2.75, 3.05) is 0 Å². The number of carboxylic acids is 4. The summed E-state index contributed by atoms with van der Waals surface area (Å²) in [6.07, 6.45) is -18.6. The molecule has 0 aliphatic rings. The lowest BCUT2D eigenvalue weighted by molar-refractivity contribution is -0.172. The van der Waals surface area contributed by atoms with E-state index in [1.54, 1.807) is 0 Å². The van der Waals surface area contributed by atoms with Gasteiger partial charge in [-0.05, 0) is 0 Å². The van der Waals surface area contributed by atoms with Crippen molar-refractivity contribution in [1.29, 1.82) is 0 Å². The van der Waals surface area contributed by atoms with E-state index < -0.39 is 72.7 Å². The van der Waals surface area contributed by atoms with E-state index in [-0.39, 0.29) is 0 Å². The first-order valence-electron chi connectivity index (χ1n) is 6.93. The number of carboxylic acid groups (broad SMARTS) is 4. The Labute approximate surface area is 154 Å².